The summed E-state index contributed by atoms with van der Waals surface area (Å²) in [6, 6.07) is 15.8. The number of benzene rings is 2. The van der Waals surface area contributed by atoms with Gasteiger partial charge in [0.05, 0.1) is 12.6 Å². The number of methoxy groups -OCH3 is 1. The number of furan rings is 1. The first kappa shape index (κ1) is 21.3. The quantitative estimate of drug-likeness (QED) is 0.546. The van der Waals surface area contributed by atoms with Gasteiger partial charge in [0.15, 0.2) is 12.4 Å². The Balaban J connectivity index is 1.64. The molecule has 0 aliphatic rings. The van der Waals surface area contributed by atoms with Crippen LogP contribution in [0.5, 0.6) is 0 Å². The van der Waals surface area contributed by atoms with E-state index in [0.29, 0.717) is 17.6 Å². The first-order chi connectivity index (χ1) is 14.5. The van der Waals surface area contributed by atoms with Crippen LogP contribution in [0.25, 0.3) is 11.0 Å². The number of hydrogen-bond donors (Lipinski definition) is 1. The van der Waals surface area contributed by atoms with Gasteiger partial charge in [-0.15, -0.1) is 0 Å². The second-order valence-electron chi connectivity index (χ2n) is 6.84. The number of amides is 1. The first-order valence-electron chi connectivity index (χ1n) is 9.49. The molecule has 0 fully saturated rings. The van der Waals surface area contributed by atoms with E-state index in [1.807, 2.05) is 42.5 Å². The van der Waals surface area contributed by atoms with Crippen LogP contribution < -0.4 is 5.32 Å². The van der Waals surface area contributed by atoms with Gasteiger partial charge >= 0.3 is 5.97 Å². The summed E-state index contributed by atoms with van der Waals surface area (Å²) in [5.41, 5.74) is 2.01. The van der Waals surface area contributed by atoms with Crippen molar-refractivity contribution in [1.82, 2.24) is 5.32 Å². The predicted octanol–water partition coefficient (Wildman–Crippen LogP) is 3.05. The van der Waals surface area contributed by atoms with E-state index in [4.69, 9.17) is 13.9 Å². The second kappa shape index (κ2) is 9.84. The average molecular weight is 409 g/mol. The summed E-state index contributed by atoms with van der Waals surface area (Å²) in [6.45, 7) is 1.04. The number of esters is 1. The Labute approximate surface area is 174 Å². The van der Waals surface area contributed by atoms with E-state index >= 15 is 0 Å². The van der Waals surface area contributed by atoms with Crippen molar-refractivity contribution < 1.29 is 28.3 Å². The lowest BCUT2D eigenvalue weighted by Gasteiger charge is -2.16. The van der Waals surface area contributed by atoms with E-state index < -0.39 is 24.5 Å². The molecule has 1 heterocycles. The van der Waals surface area contributed by atoms with Crippen LogP contribution in [-0.2, 0) is 32.1 Å². The fraction of sp³-hybridized carbons (Fsp3) is 0.261. The van der Waals surface area contributed by atoms with Gasteiger partial charge in [-0.3, -0.25) is 9.59 Å². The predicted molar refractivity (Wildman–Crippen MR) is 110 cm³/mol. The number of para-hydroxylation sites is 1. The summed E-state index contributed by atoms with van der Waals surface area (Å²) >= 11 is 0. The van der Waals surface area contributed by atoms with Gasteiger partial charge in [-0.25, -0.2) is 4.79 Å². The van der Waals surface area contributed by atoms with Crippen molar-refractivity contribution in [1.29, 1.82) is 0 Å². The van der Waals surface area contributed by atoms with Crippen LogP contribution in [0.2, 0.25) is 0 Å². The van der Waals surface area contributed by atoms with Crippen LogP contribution in [0, 0.1) is 0 Å². The molecule has 0 spiro atoms. The number of ketones is 1. The SMILES string of the molecule is COCc1c(C(=O)OCC(=O)N[C@H](Cc2ccccc2)C(C)=O)oc2ccccc12. The van der Waals surface area contributed by atoms with E-state index in [0.717, 1.165) is 10.9 Å². The maximum absolute atomic E-state index is 12.5. The molecular weight excluding hydrogens is 386 g/mol. The molecule has 1 N–H and O–H groups in total. The van der Waals surface area contributed by atoms with E-state index in [1.54, 1.807) is 12.1 Å². The summed E-state index contributed by atoms with van der Waals surface area (Å²) in [7, 11) is 1.51. The zero-order valence-corrected chi connectivity index (χ0v) is 16.8. The second-order valence-corrected chi connectivity index (χ2v) is 6.84. The molecule has 156 valence electrons. The standard InChI is InChI=1S/C23H23NO6/c1-15(25)19(12-16-8-4-3-5-9-16)24-21(26)14-29-23(27)22-18(13-28-2)17-10-6-7-11-20(17)30-22/h3-11,19H,12-14H2,1-2H3,(H,24,26)/t19-/m1/s1. The first-order valence-corrected chi connectivity index (χ1v) is 9.49. The Hall–Kier alpha value is -3.45. The highest BCUT2D eigenvalue weighted by molar-refractivity contribution is 5.97. The van der Waals surface area contributed by atoms with Crippen LogP contribution in [0.15, 0.2) is 59.0 Å². The highest BCUT2D eigenvalue weighted by Gasteiger charge is 2.23. The normalized spacial score (nSPS) is 11.8. The molecule has 0 radical (unpaired) electrons. The number of hydrogen-bond acceptors (Lipinski definition) is 6. The van der Waals surface area contributed by atoms with Crippen molar-refractivity contribution in [3.8, 4) is 0 Å². The number of nitrogens with one attached hydrogen (secondary N) is 1. The van der Waals surface area contributed by atoms with Gasteiger partial charge in [0, 0.05) is 18.1 Å². The number of carbonyl (C=O) groups is 3. The van der Waals surface area contributed by atoms with Gasteiger partial charge in [0.1, 0.15) is 5.58 Å². The van der Waals surface area contributed by atoms with E-state index in [9.17, 15) is 14.4 Å². The zero-order valence-electron chi connectivity index (χ0n) is 16.8. The van der Waals surface area contributed by atoms with Crippen LogP contribution in [0.3, 0.4) is 0 Å². The highest BCUT2D eigenvalue weighted by Crippen LogP contribution is 2.27. The monoisotopic (exact) mass is 409 g/mol. The number of rotatable bonds is 9. The zero-order chi connectivity index (χ0) is 21.5. The number of Topliss-reactive ketones (excluding diaryl/α,β-unsaturated/α-hetero) is 1. The van der Waals surface area contributed by atoms with E-state index in [2.05, 4.69) is 5.32 Å². The molecule has 7 heteroatoms. The van der Waals surface area contributed by atoms with E-state index in [1.165, 1.54) is 14.0 Å². The van der Waals surface area contributed by atoms with Gasteiger partial charge in [-0.05, 0) is 25.0 Å². The fourth-order valence-corrected chi connectivity index (χ4v) is 3.13. The molecule has 3 rings (SSSR count). The maximum Gasteiger partial charge on any atom is 0.375 e. The Kier molecular flexibility index (Phi) is 6.98. The summed E-state index contributed by atoms with van der Waals surface area (Å²) in [5, 5.41) is 3.36. The summed E-state index contributed by atoms with van der Waals surface area (Å²) in [4.78, 5) is 36.7. The van der Waals surface area contributed by atoms with E-state index in [-0.39, 0.29) is 18.2 Å². The van der Waals surface area contributed by atoms with Crippen molar-refractivity contribution in [3.63, 3.8) is 0 Å². The van der Waals surface area contributed by atoms with Crippen molar-refractivity contribution >= 4 is 28.6 Å². The number of carbonyl (C=O) groups excluding carboxylic acids is 3. The Morgan fingerprint density at radius 1 is 1.03 bits per heavy atom. The molecule has 30 heavy (non-hydrogen) atoms. The lowest BCUT2D eigenvalue weighted by Crippen LogP contribution is -2.43. The molecular formula is C23H23NO6. The smallest absolute Gasteiger partial charge is 0.375 e. The van der Waals surface area contributed by atoms with Gasteiger partial charge in [-0.2, -0.15) is 0 Å². The van der Waals surface area contributed by atoms with Crippen molar-refractivity contribution in [2.45, 2.75) is 26.0 Å². The molecule has 0 saturated heterocycles. The van der Waals surface area contributed by atoms with Gasteiger partial charge in [0.25, 0.3) is 5.91 Å². The molecule has 1 aromatic heterocycles. The summed E-state index contributed by atoms with van der Waals surface area (Å²) < 4.78 is 15.9. The third kappa shape index (κ3) is 5.12. The fourth-order valence-electron chi connectivity index (χ4n) is 3.13. The maximum atomic E-state index is 12.5. The molecule has 0 bridgehead atoms. The molecule has 7 nitrogen and oxygen atoms in total. The van der Waals surface area contributed by atoms with Crippen LogP contribution >= 0.6 is 0 Å². The lowest BCUT2D eigenvalue weighted by molar-refractivity contribution is -0.128. The molecule has 0 aliphatic heterocycles. The van der Waals surface area contributed by atoms with Crippen LogP contribution in [0.4, 0.5) is 0 Å². The highest BCUT2D eigenvalue weighted by atomic mass is 16.5. The van der Waals surface area contributed by atoms with Crippen molar-refractivity contribution in [3.05, 3.63) is 71.5 Å². The number of ether oxygens (including phenoxy) is 2. The molecule has 0 saturated carbocycles. The molecule has 1 atom stereocenters. The third-order valence-corrected chi connectivity index (χ3v) is 4.62. The molecule has 1 amide bonds. The topological polar surface area (TPSA) is 94.8 Å². The van der Waals surface area contributed by atoms with Crippen molar-refractivity contribution in [2.24, 2.45) is 0 Å². The minimum atomic E-state index is -0.768. The molecule has 3 aromatic rings. The molecule has 2 aromatic carbocycles. The van der Waals surface area contributed by atoms with Gasteiger partial charge in [0.2, 0.25) is 5.76 Å². The lowest BCUT2D eigenvalue weighted by atomic mass is 10.0. The molecule has 0 unspecified atom stereocenters. The van der Waals surface area contributed by atoms with Gasteiger partial charge < -0.3 is 19.2 Å². The Bertz CT molecular complexity index is 1040. The Morgan fingerprint density at radius 3 is 2.43 bits per heavy atom. The van der Waals surface area contributed by atoms with Gasteiger partial charge in [-0.1, -0.05) is 48.5 Å². The largest absolute Gasteiger partial charge is 0.450 e. The van der Waals surface area contributed by atoms with Crippen molar-refractivity contribution in [2.75, 3.05) is 13.7 Å². The molecule has 0 aliphatic carbocycles. The minimum Gasteiger partial charge on any atom is -0.450 e. The summed E-state index contributed by atoms with van der Waals surface area (Å²) in [6.07, 6.45) is 0.359. The summed E-state index contributed by atoms with van der Waals surface area (Å²) in [5.74, 6) is -1.52. The third-order valence-electron chi connectivity index (χ3n) is 4.62. The Morgan fingerprint density at radius 2 is 1.73 bits per heavy atom. The minimum absolute atomic E-state index is 0.00162. The number of fused-ring (bicyclic) bond motifs is 1. The van der Waals surface area contributed by atoms with Crippen LogP contribution in [0.1, 0.15) is 28.6 Å². The van der Waals surface area contributed by atoms with Crippen LogP contribution in [-0.4, -0.2) is 37.4 Å². The average Bonchev–Trinajstić information content (AvgIpc) is 3.11.